The van der Waals surface area contributed by atoms with Crippen LogP contribution >= 0.6 is 0 Å². The number of carbonyl (C=O) groups is 1. The number of benzene rings is 1. The first-order chi connectivity index (χ1) is 12.1. The fourth-order valence-electron chi connectivity index (χ4n) is 3.23. The van der Waals surface area contributed by atoms with E-state index in [1.165, 1.54) is 12.1 Å². The number of nitrogens with one attached hydrogen (secondary N) is 1. The summed E-state index contributed by atoms with van der Waals surface area (Å²) in [5.41, 5.74) is 0.965. The van der Waals surface area contributed by atoms with Gasteiger partial charge >= 0.3 is 6.03 Å². The lowest BCUT2D eigenvalue weighted by Crippen LogP contribution is -2.60. The summed E-state index contributed by atoms with van der Waals surface area (Å²) in [5.74, 6) is 0. The highest BCUT2D eigenvalue weighted by Gasteiger charge is 2.33. The van der Waals surface area contributed by atoms with Crippen LogP contribution in [-0.4, -0.2) is 81.5 Å². The predicted molar refractivity (Wildman–Crippen MR) is 103 cm³/mol. The summed E-state index contributed by atoms with van der Waals surface area (Å²) < 4.78 is 27.1. The molecule has 1 saturated heterocycles. The molecule has 26 heavy (non-hydrogen) atoms. The molecule has 2 amide bonds. The molecule has 0 saturated carbocycles. The van der Waals surface area contributed by atoms with E-state index < -0.39 is 16.1 Å². The first-order valence-corrected chi connectivity index (χ1v) is 10.4. The first-order valence-electron chi connectivity index (χ1n) is 8.89. The molecule has 0 radical (unpaired) electrons. The number of rotatable bonds is 5. The Morgan fingerprint density at radius 3 is 2.19 bits per heavy atom. The van der Waals surface area contributed by atoms with E-state index in [2.05, 4.69) is 28.4 Å². The number of carbonyl (C=O) groups excluding carboxylic acids is 1. The lowest BCUT2D eigenvalue weighted by molar-refractivity contribution is 0.0521. The van der Waals surface area contributed by atoms with E-state index in [0.29, 0.717) is 13.1 Å². The Bertz CT molecular complexity index is 706. The third-order valence-electron chi connectivity index (χ3n) is 4.75. The van der Waals surface area contributed by atoms with Gasteiger partial charge in [0.15, 0.2) is 0 Å². The van der Waals surface area contributed by atoms with E-state index in [1.54, 1.807) is 17.0 Å². The Kier molecular flexibility index (Phi) is 6.65. The van der Waals surface area contributed by atoms with Gasteiger partial charge in [0.05, 0.1) is 4.90 Å². The number of urea groups is 1. The molecule has 0 aliphatic carbocycles. The maximum absolute atomic E-state index is 12.5. The summed E-state index contributed by atoms with van der Waals surface area (Å²) in [5, 5.41) is 0. The van der Waals surface area contributed by atoms with Crippen LogP contribution in [0.25, 0.3) is 0 Å². The average molecular weight is 383 g/mol. The van der Waals surface area contributed by atoms with Crippen molar-refractivity contribution in [2.75, 3.05) is 40.3 Å². The van der Waals surface area contributed by atoms with Crippen molar-refractivity contribution in [1.29, 1.82) is 0 Å². The summed E-state index contributed by atoms with van der Waals surface area (Å²) >= 11 is 0. The van der Waals surface area contributed by atoms with Crippen LogP contribution in [0.2, 0.25) is 0 Å². The molecular weight excluding hydrogens is 352 g/mol. The van der Waals surface area contributed by atoms with Gasteiger partial charge in [-0.25, -0.2) is 17.9 Å². The van der Waals surface area contributed by atoms with Gasteiger partial charge in [-0.15, -0.1) is 0 Å². The number of nitrogens with zero attached hydrogens (tertiary/aromatic N) is 3. The Labute approximate surface area is 157 Å². The zero-order valence-corrected chi connectivity index (χ0v) is 17.1. The second-order valence-corrected chi connectivity index (χ2v) is 9.05. The van der Waals surface area contributed by atoms with E-state index in [1.807, 2.05) is 21.0 Å². The van der Waals surface area contributed by atoms with Crippen LogP contribution in [0.3, 0.4) is 0 Å². The van der Waals surface area contributed by atoms with Crippen molar-refractivity contribution >= 4 is 16.1 Å². The van der Waals surface area contributed by atoms with E-state index in [4.69, 9.17) is 0 Å². The fourth-order valence-corrected chi connectivity index (χ4v) is 4.21. The van der Waals surface area contributed by atoms with Crippen LogP contribution in [-0.2, 0) is 10.0 Å². The molecule has 0 aromatic heterocycles. The molecule has 7 nitrogen and oxygen atoms in total. The minimum atomic E-state index is -3.86. The predicted octanol–water partition coefficient (Wildman–Crippen LogP) is 1.35. The summed E-state index contributed by atoms with van der Waals surface area (Å²) in [6.45, 7) is 8.91. The number of likely N-dealkylation sites (N-methyl/N-ethyl adjacent to an activating group) is 1. The Morgan fingerprint density at radius 2 is 1.69 bits per heavy atom. The lowest BCUT2D eigenvalue weighted by Gasteiger charge is -2.44. The normalized spacial score (nSPS) is 21.8. The van der Waals surface area contributed by atoms with Crippen molar-refractivity contribution in [2.45, 2.75) is 37.8 Å². The van der Waals surface area contributed by atoms with Crippen molar-refractivity contribution in [1.82, 2.24) is 19.4 Å². The molecule has 1 heterocycles. The van der Waals surface area contributed by atoms with E-state index in [-0.39, 0.29) is 17.0 Å². The third kappa shape index (κ3) is 5.18. The van der Waals surface area contributed by atoms with Gasteiger partial charge in [-0.05, 0) is 47.0 Å². The molecular formula is C18H30N4O3S. The van der Waals surface area contributed by atoms with E-state index in [9.17, 15) is 13.2 Å². The van der Waals surface area contributed by atoms with Crippen LogP contribution in [0.5, 0.6) is 0 Å². The van der Waals surface area contributed by atoms with Crippen molar-refractivity contribution in [3.63, 3.8) is 0 Å². The smallest absolute Gasteiger partial charge is 0.321 e. The molecule has 1 fully saturated rings. The molecule has 2 unspecified atom stereocenters. The van der Waals surface area contributed by atoms with Gasteiger partial charge in [0.25, 0.3) is 10.0 Å². The average Bonchev–Trinajstić information content (AvgIpc) is 2.53. The Morgan fingerprint density at radius 1 is 1.15 bits per heavy atom. The van der Waals surface area contributed by atoms with Crippen molar-refractivity contribution < 1.29 is 13.2 Å². The SMILES string of the molecule is Cc1ccc(S(=O)(=O)NC(=O)N2CC(C)N(CCN(C)C)C(C)C2)cc1. The summed E-state index contributed by atoms with van der Waals surface area (Å²) in [6, 6.07) is 6.24. The standard InChI is InChI=1S/C18H30N4O3S/c1-14-6-8-17(9-7-14)26(24,25)19-18(23)21-12-15(2)22(16(3)13-21)11-10-20(4)5/h6-9,15-16H,10-13H2,1-5H3,(H,19,23). The van der Waals surface area contributed by atoms with Gasteiger partial charge in [0.1, 0.15) is 0 Å². The molecule has 1 aliphatic rings. The van der Waals surface area contributed by atoms with Crippen LogP contribution < -0.4 is 4.72 Å². The van der Waals surface area contributed by atoms with Crippen molar-refractivity contribution in [3.8, 4) is 0 Å². The van der Waals surface area contributed by atoms with Crippen LogP contribution in [0.15, 0.2) is 29.2 Å². The Balaban J connectivity index is 2.01. The monoisotopic (exact) mass is 382 g/mol. The molecule has 1 aromatic carbocycles. The molecule has 2 rings (SSSR count). The number of hydrogen-bond donors (Lipinski definition) is 1. The quantitative estimate of drug-likeness (QED) is 0.832. The van der Waals surface area contributed by atoms with Crippen LogP contribution in [0, 0.1) is 6.92 Å². The Hall–Kier alpha value is -1.64. The molecule has 146 valence electrons. The molecule has 8 heteroatoms. The van der Waals surface area contributed by atoms with Crippen molar-refractivity contribution in [2.24, 2.45) is 0 Å². The van der Waals surface area contributed by atoms with E-state index >= 15 is 0 Å². The van der Waals surface area contributed by atoms with Gasteiger partial charge in [-0.1, -0.05) is 17.7 Å². The van der Waals surface area contributed by atoms with Crippen molar-refractivity contribution in [3.05, 3.63) is 29.8 Å². The highest BCUT2D eigenvalue weighted by molar-refractivity contribution is 7.90. The third-order valence-corrected chi connectivity index (χ3v) is 6.08. The zero-order valence-electron chi connectivity index (χ0n) is 16.3. The number of sulfonamides is 1. The zero-order chi connectivity index (χ0) is 19.5. The second-order valence-electron chi connectivity index (χ2n) is 7.37. The number of piperazine rings is 1. The van der Waals surface area contributed by atoms with E-state index in [0.717, 1.165) is 18.7 Å². The minimum absolute atomic E-state index is 0.0992. The number of aryl methyl sites for hydroxylation is 1. The maximum Gasteiger partial charge on any atom is 0.331 e. The highest BCUT2D eigenvalue weighted by atomic mass is 32.2. The van der Waals surface area contributed by atoms with Gasteiger partial charge in [-0.2, -0.15) is 0 Å². The summed E-state index contributed by atoms with van der Waals surface area (Å²) in [7, 11) is 0.216. The molecule has 1 N–H and O–H groups in total. The second kappa shape index (κ2) is 8.37. The fraction of sp³-hybridized carbons (Fsp3) is 0.611. The van der Waals surface area contributed by atoms with Gasteiger partial charge in [-0.3, -0.25) is 4.90 Å². The minimum Gasteiger partial charge on any atom is -0.321 e. The van der Waals surface area contributed by atoms with Gasteiger partial charge in [0, 0.05) is 38.3 Å². The lowest BCUT2D eigenvalue weighted by atomic mass is 10.1. The summed E-state index contributed by atoms with van der Waals surface area (Å²) in [6.07, 6.45) is 0. The molecule has 0 bridgehead atoms. The largest absolute Gasteiger partial charge is 0.331 e. The van der Waals surface area contributed by atoms with Gasteiger partial charge in [0.2, 0.25) is 0 Å². The number of amides is 2. The molecule has 1 aliphatic heterocycles. The topological polar surface area (TPSA) is 73.0 Å². The molecule has 1 aromatic rings. The molecule has 2 atom stereocenters. The van der Waals surface area contributed by atoms with Gasteiger partial charge < -0.3 is 9.80 Å². The number of hydrogen-bond acceptors (Lipinski definition) is 5. The van der Waals surface area contributed by atoms with Crippen LogP contribution in [0.1, 0.15) is 19.4 Å². The first kappa shape index (κ1) is 20.7. The maximum atomic E-state index is 12.5. The summed E-state index contributed by atoms with van der Waals surface area (Å²) in [4.78, 5) is 18.7. The molecule has 0 spiro atoms. The highest BCUT2D eigenvalue weighted by Crippen LogP contribution is 2.17. The van der Waals surface area contributed by atoms with Crippen LogP contribution in [0.4, 0.5) is 4.79 Å².